The Kier molecular flexibility index (Phi) is 5.21. The van der Waals surface area contributed by atoms with Crippen LogP contribution >= 0.6 is 11.3 Å². The fourth-order valence-corrected chi connectivity index (χ4v) is 3.93. The third kappa shape index (κ3) is 3.33. The van der Waals surface area contributed by atoms with Crippen molar-refractivity contribution < 1.29 is 19.0 Å². The van der Waals surface area contributed by atoms with Crippen molar-refractivity contribution in [1.82, 2.24) is 14.5 Å². The summed E-state index contributed by atoms with van der Waals surface area (Å²) >= 11 is 1.30. The molecule has 0 amide bonds. The van der Waals surface area contributed by atoms with Crippen LogP contribution in [-0.2, 0) is 14.3 Å². The van der Waals surface area contributed by atoms with Crippen molar-refractivity contribution in [1.29, 1.82) is 0 Å². The number of benzene rings is 1. The highest BCUT2D eigenvalue weighted by Gasteiger charge is 2.45. The molecular weight excluding hydrogens is 346 g/mol. The van der Waals surface area contributed by atoms with Gasteiger partial charge >= 0.3 is 5.97 Å². The summed E-state index contributed by atoms with van der Waals surface area (Å²) in [5, 5.41) is 14.0. The quantitative estimate of drug-likeness (QED) is 0.438. The van der Waals surface area contributed by atoms with Gasteiger partial charge < -0.3 is 19.4 Å². The van der Waals surface area contributed by atoms with Crippen LogP contribution in [0.25, 0.3) is 10.2 Å². The van der Waals surface area contributed by atoms with Crippen molar-refractivity contribution in [2.75, 3.05) is 40.6 Å². The van der Waals surface area contributed by atoms with E-state index in [0.717, 1.165) is 4.70 Å². The molecule has 2 atom stereocenters. The average molecular weight is 367 g/mol. The lowest BCUT2D eigenvalue weighted by Gasteiger charge is -2.38. The van der Waals surface area contributed by atoms with Crippen LogP contribution in [0.2, 0.25) is 0 Å². The van der Waals surface area contributed by atoms with Crippen LogP contribution in [0.5, 0.6) is 5.75 Å². The lowest BCUT2D eigenvalue weighted by molar-refractivity contribution is -0.157. The summed E-state index contributed by atoms with van der Waals surface area (Å²) < 4.78 is 15.6. The number of thiazole rings is 1. The van der Waals surface area contributed by atoms with E-state index in [9.17, 15) is 10.0 Å². The number of carbonyl (C=O) groups is 1. The standard InChI is InChI=1S/C16H21N3O5S/c1-4-18-8-13(24-14(20)9-22-2)19(21,10-18)16-17-15-11(23-3)6-5-7-12(15)25-16/h5-7,13H,4,8-10H2,1-3H3. The lowest BCUT2D eigenvalue weighted by atomic mass is 10.3. The zero-order valence-electron chi connectivity index (χ0n) is 14.4. The third-order valence-electron chi connectivity index (χ3n) is 4.18. The van der Waals surface area contributed by atoms with Crippen LogP contribution in [-0.4, -0.2) is 62.7 Å². The van der Waals surface area contributed by atoms with Gasteiger partial charge in [-0.1, -0.05) is 24.3 Å². The average Bonchev–Trinajstić information content (AvgIpc) is 3.17. The van der Waals surface area contributed by atoms with Crippen molar-refractivity contribution in [2.24, 2.45) is 0 Å². The Morgan fingerprint density at radius 1 is 1.48 bits per heavy atom. The second-order valence-electron chi connectivity index (χ2n) is 5.79. The molecule has 0 aliphatic carbocycles. The van der Waals surface area contributed by atoms with Gasteiger partial charge in [-0.2, -0.15) is 4.98 Å². The molecule has 1 saturated heterocycles. The number of aromatic nitrogens is 1. The maximum Gasteiger partial charge on any atom is 0.336 e. The van der Waals surface area contributed by atoms with Crippen molar-refractivity contribution in [3.8, 4) is 5.75 Å². The number of hydrogen-bond acceptors (Lipinski definition) is 8. The molecule has 136 valence electrons. The van der Waals surface area contributed by atoms with E-state index >= 15 is 0 Å². The van der Waals surface area contributed by atoms with E-state index in [1.54, 1.807) is 13.2 Å². The molecular formula is C16H21N3O5S. The van der Waals surface area contributed by atoms with Crippen LogP contribution in [0.1, 0.15) is 6.92 Å². The molecule has 1 aliphatic rings. The van der Waals surface area contributed by atoms with Crippen molar-refractivity contribution in [3.63, 3.8) is 0 Å². The van der Waals surface area contributed by atoms with Gasteiger partial charge in [0.05, 0.1) is 18.4 Å². The fourth-order valence-electron chi connectivity index (χ4n) is 2.88. The summed E-state index contributed by atoms with van der Waals surface area (Å²) in [5.74, 6) is 0.0635. The highest BCUT2D eigenvalue weighted by molar-refractivity contribution is 7.22. The zero-order chi connectivity index (χ0) is 18.0. The number of fused-ring (bicyclic) bond motifs is 1. The molecule has 1 fully saturated rings. The van der Waals surface area contributed by atoms with Gasteiger partial charge in [0.25, 0.3) is 11.4 Å². The number of ether oxygens (including phenoxy) is 3. The lowest BCUT2D eigenvalue weighted by Crippen LogP contribution is -2.51. The summed E-state index contributed by atoms with van der Waals surface area (Å²) in [5.41, 5.74) is 0.648. The molecule has 1 aromatic carbocycles. The minimum absolute atomic E-state index is 0.184. The Bertz CT molecular complexity index is 767. The van der Waals surface area contributed by atoms with E-state index in [1.807, 2.05) is 24.0 Å². The van der Waals surface area contributed by atoms with Gasteiger partial charge in [-0.3, -0.25) is 4.65 Å². The monoisotopic (exact) mass is 367 g/mol. The first-order valence-corrected chi connectivity index (χ1v) is 8.77. The Labute approximate surface area is 149 Å². The molecule has 0 saturated carbocycles. The van der Waals surface area contributed by atoms with E-state index < -0.39 is 16.8 Å². The van der Waals surface area contributed by atoms with Gasteiger partial charge in [-0.15, -0.1) is 0 Å². The SMILES string of the molecule is CCN1CC(OC(=O)COC)[N+]([O-])(c2nc3c(OC)cccc3s2)C1. The second-order valence-corrected chi connectivity index (χ2v) is 6.80. The predicted octanol–water partition coefficient (Wildman–Crippen LogP) is 1.92. The number of likely N-dealkylation sites (N-methyl/N-ethyl adjacent to an activating group) is 1. The molecule has 0 spiro atoms. The molecule has 1 aliphatic heterocycles. The molecule has 8 nitrogen and oxygen atoms in total. The summed E-state index contributed by atoms with van der Waals surface area (Å²) in [6.45, 7) is 3.02. The molecule has 9 heteroatoms. The fraction of sp³-hybridized carbons (Fsp3) is 0.500. The first kappa shape index (κ1) is 18.0. The van der Waals surface area contributed by atoms with E-state index in [1.165, 1.54) is 18.4 Å². The molecule has 0 bridgehead atoms. The predicted molar refractivity (Wildman–Crippen MR) is 95.2 cm³/mol. The van der Waals surface area contributed by atoms with Gasteiger partial charge in [-0.05, 0) is 12.1 Å². The van der Waals surface area contributed by atoms with Crippen molar-refractivity contribution in [3.05, 3.63) is 23.4 Å². The summed E-state index contributed by atoms with van der Waals surface area (Å²) in [7, 11) is 2.98. The zero-order valence-corrected chi connectivity index (χ0v) is 15.2. The van der Waals surface area contributed by atoms with E-state index in [4.69, 9.17) is 14.2 Å². The maximum absolute atomic E-state index is 13.6. The minimum atomic E-state index is -0.867. The highest BCUT2D eigenvalue weighted by Crippen LogP contribution is 2.40. The van der Waals surface area contributed by atoms with E-state index in [0.29, 0.717) is 29.5 Å². The number of para-hydroxylation sites is 1. The third-order valence-corrected chi connectivity index (χ3v) is 5.31. The molecule has 2 aromatic rings. The van der Waals surface area contributed by atoms with Gasteiger partial charge in [0.2, 0.25) is 0 Å². The first-order chi connectivity index (χ1) is 12.0. The Balaban J connectivity index is 1.97. The molecule has 25 heavy (non-hydrogen) atoms. The van der Waals surface area contributed by atoms with Crippen LogP contribution < -0.4 is 9.38 Å². The summed E-state index contributed by atoms with van der Waals surface area (Å²) in [6, 6.07) is 5.56. The molecule has 3 rings (SSSR count). The van der Waals surface area contributed by atoms with Gasteiger partial charge in [0, 0.05) is 13.7 Å². The largest absolute Gasteiger partial charge is 0.622 e. The summed E-state index contributed by atoms with van der Waals surface area (Å²) in [6.07, 6.45) is -0.867. The number of esters is 1. The van der Waals surface area contributed by atoms with Crippen molar-refractivity contribution in [2.45, 2.75) is 13.2 Å². The van der Waals surface area contributed by atoms with Crippen LogP contribution in [0.15, 0.2) is 18.2 Å². The van der Waals surface area contributed by atoms with E-state index in [-0.39, 0.29) is 13.3 Å². The number of carbonyl (C=O) groups excluding carboxylic acids is 1. The van der Waals surface area contributed by atoms with Gasteiger partial charge in [0.1, 0.15) is 24.5 Å². The Morgan fingerprint density at radius 2 is 2.28 bits per heavy atom. The maximum atomic E-state index is 13.6. The smallest absolute Gasteiger partial charge is 0.336 e. The first-order valence-electron chi connectivity index (χ1n) is 7.95. The van der Waals surface area contributed by atoms with Crippen molar-refractivity contribution >= 4 is 32.7 Å². The Morgan fingerprint density at radius 3 is 2.96 bits per heavy atom. The normalized spacial score (nSPS) is 23.9. The number of quaternary nitrogens is 1. The van der Waals surface area contributed by atoms with E-state index in [2.05, 4.69) is 4.98 Å². The van der Waals surface area contributed by atoms with Gasteiger partial charge in [0.15, 0.2) is 0 Å². The molecule has 0 radical (unpaired) electrons. The number of hydrogen-bond donors (Lipinski definition) is 0. The number of hydroxylamine groups is 2. The topological polar surface area (TPSA) is 84.0 Å². The number of nitrogens with zero attached hydrogens (tertiary/aromatic N) is 3. The molecule has 2 heterocycles. The highest BCUT2D eigenvalue weighted by atomic mass is 32.1. The molecule has 0 N–H and O–H groups in total. The van der Waals surface area contributed by atoms with Crippen LogP contribution in [0, 0.1) is 5.21 Å². The molecule has 2 unspecified atom stereocenters. The number of methoxy groups -OCH3 is 2. The number of rotatable bonds is 6. The van der Waals surface area contributed by atoms with Crippen LogP contribution in [0.4, 0.5) is 5.13 Å². The second kappa shape index (κ2) is 7.22. The summed E-state index contributed by atoms with van der Waals surface area (Å²) in [4.78, 5) is 18.3. The van der Waals surface area contributed by atoms with Crippen LogP contribution in [0.3, 0.4) is 0 Å². The van der Waals surface area contributed by atoms with Gasteiger partial charge in [-0.25, -0.2) is 9.69 Å². The minimum Gasteiger partial charge on any atom is -0.622 e. The Hall–Kier alpha value is -1.78. The molecule has 1 aromatic heterocycles.